The number of fused-ring (bicyclic) bond motifs is 1. The van der Waals surface area contributed by atoms with Crippen LogP contribution >= 0.6 is 0 Å². The average Bonchev–Trinajstić information content (AvgIpc) is 2.44. The lowest BCUT2D eigenvalue weighted by molar-refractivity contribution is 0.415. The molecule has 2 aromatic rings. The van der Waals surface area contributed by atoms with E-state index >= 15 is 0 Å². The number of nitrogens with two attached hydrogens (primary N) is 1. The standard InChI is InChI=1S/C16H19NO/c1-3-12(11-17)8-13-4-5-15-10-16(18-2)7-6-14(15)9-13/h4-10H,3,11,17H2,1-2H3. The van der Waals surface area contributed by atoms with E-state index in [9.17, 15) is 0 Å². The van der Waals surface area contributed by atoms with Crippen molar-refractivity contribution in [3.8, 4) is 5.75 Å². The summed E-state index contributed by atoms with van der Waals surface area (Å²) < 4.78 is 5.22. The summed E-state index contributed by atoms with van der Waals surface area (Å²) in [6.07, 6.45) is 3.17. The zero-order valence-corrected chi connectivity index (χ0v) is 10.9. The molecule has 94 valence electrons. The zero-order valence-electron chi connectivity index (χ0n) is 10.9. The number of methoxy groups -OCH3 is 1. The Morgan fingerprint density at radius 1 is 1.17 bits per heavy atom. The predicted octanol–water partition coefficient (Wildman–Crippen LogP) is 3.60. The highest BCUT2D eigenvalue weighted by Gasteiger charge is 1.98. The maximum absolute atomic E-state index is 5.70. The van der Waals surface area contributed by atoms with Crippen LogP contribution in [-0.2, 0) is 0 Å². The highest BCUT2D eigenvalue weighted by molar-refractivity contribution is 5.86. The van der Waals surface area contributed by atoms with E-state index in [4.69, 9.17) is 10.5 Å². The van der Waals surface area contributed by atoms with Gasteiger partial charge in [0.15, 0.2) is 0 Å². The van der Waals surface area contributed by atoms with Crippen LogP contribution in [0.3, 0.4) is 0 Å². The molecule has 0 radical (unpaired) electrons. The molecule has 18 heavy (non-hydrogen) atoms. The first-order chi connectivity index (χ1) is 8.76. The first-order valence-corrected chi connectivity index (χ1v) is 6.24. The van der Waals surface area contributed by atoms with Crippen LogP contribution in [0, 0.1) is 0 Å². The van der Waals surface area contributed by atoms with Crippen molar-refractivity contribution in [2.45, 2.75) is 13.3 Å². The Morgan fingerprint density at radius 3 is 2.56 bits per heavy atom. The van der Waals surface area contributed by atoms with E-state index < -0.39 is 0 Å². The van der Waals surface area contributed by atoms with Gasteiger partial charge >= 0.3 is 0 Å². The smallest absolute Gasteiger partial charge is 0.119 e. The lowest BCUT2D eigenvalue weighted by Crippen LogP contribution is -2.01. The topological polar surface area (TPSA) is 35.2 Å². The first-order valence-electron chi connectivity index (χ1n) is 6.24. The van der Waals surface area contributed by atoms with Gasteiger partial charge in [0.1, 0.15) is 5.75 Å². The minimum atomic E-state index is 0.622. The van der Waals surface area contributed by atoms with Crippen molar-refractivity contribution in [3.05, 3.63) is 47.5 Å². The van der Waals surface area contributed by atoms with Gasteiger partial charge in [-0.1, -0.05) is 36.8 Å². The van der Waals surface area contributed by atoms with E-state index in [1.165, 1.54) is 21.9 Å². The Bertz CT molecular complexity index is 566. The van der Waals surface area contributed by atoms with Crippen LogP contribution in [-0.4, -0.2) is 13.7 Å². The molecule has 0 unspecified atom stereocenters. The van der Waals surface area contributed by atoms with Crippen molar-refractivity contribution >= 4 is 16.8 Å². The Labute approximate surface area is 108 Å². The van der Waals surface area contributed by atoms with Gasteiger partial charge in [-0.3, -0.25) is 0 Å². The number of benzene rings is 2. The van der Waals surface area contributed by atoms with E-state index in [2.05, 4.69) is 37.3 Å². The summed E-state index contributed by atoms with van der Waals surface area (Å²) >= 11 is 0. The molecular formula is C16H19NO. The summed E-state index contributed by atoms with van der Waals surface area (Å²) in [7, 11) is 1.69. The molecule has 0 heterocycles. The Kier molecular flexibility index (Phi) is 4.00. The van der Waals surface area contributed by atoms with Crippen molar-refractivity contribution in [3.63, 3.8) is 0 Å². The highest BCUT2D eigenvalue weighted by atomic mass is 16.5. The third-order valence-electron chi connectivity index (χ3n) is 3.16. The Hall–Kier alpha value is -1.80. The van der Waals surface area contributed by atoms with Crippen LogP contribution in [0.1, 0.15) is 18.9 Å². The molecule has 0 aromatic heterocycles. The minimum absolute atomic E-state index is 0.622. The van der Waals surface area contributed by atoms with Crippen molar-refractivity contribution in [2.24, 2.45) is 5.73 Å². The van der Waals surface area contributed by atoms with Gasteiger partial charge in [0.05, 0.1) is 7.11 Å². The van der Waals surface area contributed by atoms with Crippen LogP contribution in [0.4, 0.5) is 0 Å². The molecule has 0 amide bonds. The van der Waals surface area contributed by atoms with E-state index in [0.29, 0.717) is 6.54 Å². The molecular weight excluding hydrogens is 222 g/mol. The fraction of sp³-hybridized carbons (Fsp3) is 0.250. The van der Waals surface area contributed by atoms with E-state index in [1.54, 1.807) is 7.11 Å². The Balaban J connectivity index is 2.42. The summed E-state index contributed by atoms with van der Waals surface area (Å²) in [6.45, 7) is 2.75. The summed E-state index contributed by atoms with van der Waals surface area (Å²) in [5.74, 6) is 0.891. The van der Waals surface area contributed by atoms with Crippen molar-refractivity contribution < 1.29 is 4.74 Å². The molecule has 0 bridgehead atoms. The molecule has 2 nitrogen and oxygen atoms in total. The molecule has 0 atom stereocenters. The second-order valence-electron chi connectivity index (χ2n) is 4.33. The maximum Gasteiger partial charge on any atom is 0.119 e. The van der Waals surface area contributed by atoms with Crippen LogP contribution < -0.4 is 10.5 Å². The minimum Gasteiger partial charge on any atom is -0.497 e. The van der Waals surface area contributed by atoms with Crippen LogP contribution in [0.25, 0.3) is 16.8 Å². The lowest BCUT2D eigenvalue weighted by Gasteiger charge is -2.05. The monoisotopic (exact) mass is 241 g/mol. The van der Waals surface area contributed by atoms with Crippen LogP contribution in [0.15, 0.2) is 42.0 Å². The zero-order chi connectivity index (χ0) is 13.0. The molecule has 0 aliphatic rings. The van der Waals surface area contributed by atoms with E-state index in [-0.39, 0.29) is 0 Å². The summed E-state index contributed by atoms with van der Waals surface area (Å²) in [6, 6.07) is 12.5. The van der Waals surface area contributed by atoms with Gasteiger partial charge in [0, 0.05) is 6.54 Å². The number of hydrogen-bond acceptors (Lipinski definition) is 2. The maximum atomic E-state index is 5.70. The van der Waals surface area contributed by atoms with Crippen LogP contribution in [0.5, 0.6) is 5.75 Å². The van der Waals surface area contributed by atoms with Gasteiger partial charge in [0.2, 0.25) is 0 Å². The highest BCUT2D eigenvalue weighted by Crippen LogP contribution is 2.22. The fourth-order valence-electron chi connectivity index (χ4n) is 2.00. The molecule has 0 spiro atoms. The Morgan fingerprint density at radius 2 is 1.89 bits per heavy atom. The lowest BCUT2D eigenvalue weighted by atomic mass is 10.0. The van der Waals surface area contributed by atoms with Gasteiger partial charge in [-0.05, 0) is 41.0 Å². The van der Waals surface area contributed by atoms with Crippen LogP contribution in [0.2, 0.25) is 0 Å². The molecule has 2 aromatic carbocycles. The van der Waals surface area contributed by atoms with Gasteiger partial charge in [0.25, 0.3) is 0 Å². The third kappa shape index (κ3) is 2.71. The van der Waals surface area contributed by atoms with Gasteiger partial charge in [-0.15, -0.1) is 0 Å². The largest absolute Gasteiger partial charge is 0.497 e. The molecule has 2 N–H and O–H groups in total. The molecule has 0 aliphatic heterocycles. The molecule has 2 rings (SSSR count). The fourth-order valence-corrected chi connectivity index (χ4v) is 2.00. The molecule has 0 fully saturated rings. The predicted molar refractivity (Wildman–Crippen MR) is 77.8 cm³/mol. The summed E-state index contributed by atoms with van der Waals surface area (Å²) in [5, 5.41) is 2.41. The number of rotatable bonds is 4. The molecule has 0 aliphatic carbocycles. The number of ether oxygens (including phenoxy) is 1. The summed E-state index contributed by atoms with van der Waals surface area (Å²) in [4.78, 5) is 0. The van der Waals surface area contributed by atoms with Gasteiger partial charge in [-0.2, -0.15) is 0 Å². The average molecular weight is 241 g/mol. The van der Waals surface area contributed by atoms with Gasteiger partial charge < -0.3 is 10.5 Å². The van der Waals surface area contributed by atoms with E-state index in [1.807, 2.05) is 12.1 Å². The first kappa shape index (κ1) is 12.7. The summed E-state index contributed by atoms with van der Waals surface area (Å²) in [5.41, 5.74) is 8.17. The second kappa shape index (κ2) is 5.69. The molecule has 2 heteroatoms. The molecule has 0 saturated carbocycles. The van der Waals surface area contributed by atoms with E-state index in [0.717, 1.165) is 12.2 Å². The van der Waals surface area contributed by atoms with Gasteiger partial charge in [-0.25, -0.2) is 0 Å². The SMILES string of the molecule is CCC(=Cc1ccc2cc(OC)ccc2c1)CN. The molecule has 0 saturated heterocycles. The van der Waals surface area contributed by atoms with Crippen molar-refractivity contribution in [1.82, 2.24) is 0 Å². The normalized spacial score (nSPS) is 11.8. The number of hydrogen-bond donors (Lipinski definition) is 1. The second-order valence-corrected chi connectivity index (χ2v) is 4.33. The van der Waals surface area contributed by atoms with Crippen molar-refractivity contribution in [1.29, 1.82) is 0 Å². The quantitative estimate of drug-likeness (QED) is 0.887. The van der Waals surface area contributed by atoms with Crippen molar-refractivity contribution in [2.75, 3.05) is 13.7 Å². The third-order valence-corrected chi connectivity index (χ3v) is 3.16.